The Morgan fingerprint density at radius 3 is 1.40 bits per heavy atom. The molecule has 12 aromatic rings. The lowest BCUT2D eigenvalue weighted by Crippen LogP contribution is -2.09. The second-order valence-electron chi connectivity index (χ2n) is 14.8. The van der Waals surface area contributed by atoms with E-state index in [4.69, 9.17) is 0 Å². The molecule has 0 fully saturated rings. The Balaban J connectivity index is 0.967. The van der Waals surface area contributed by atoms with Gasteiger partial charge in [0.15, 0.2) is 0 Å². The monoisotopic (exact) mass is 760 g/mol. The van der Waals surface area contributed by atoms with Crippen molar-refractivity contribution in [1.82, 2.24) is 4.98 Å². The number of nitrogens with zero attached hydrogens (tertiary/aromatic N) is 2. The molecule has 266 valence electrons. The molecule has 0 aliphatic heterocycles. The Morgan fingerprint density at radius 1 is 0.333 bits per heavy atom. The number of benzene rings is 9. The Hall–Kier alpha value is -6.85. The van der Waals surface area contributed by atoms with Gasteiger partial charge in [-0.05, 0) is 97.7 Å². The number of anilines is 3. The molecule has 0 amide bonds. The predicted molar refractivity (Wildman–Crippen MR) is 248 cm³/mol. The molecule has 0 unspecified atom stereocenters. The molecule has 0 aliphatic carbocycles. The van der Waals surface area contributed by atoms with Gasteiger partial charge in [-0.1, -0.05) is 133 Å². The molecule has 3 aromatic heterocycles. The number of hydrogen-bond donors (Lipinski definition) is 0. The third-order valence-corrected chi connectivity index (χ3v) is 13.9. The molecule has 3 heterocycles. The van der Waals surface area contributed by atoms with Gasteiger partial charge in [0.1, 0.15) is 0 Å². The van der Waals surface area contributed by atoms with E-state index in [1.807, 2.05) is 35.1 Å². The first kappa shape index (κ1) is 32.4. The summed E-state index contributed by atoms with van der Waals surface area (Å²) in [5.74, 6) is 0. The molecule has 0 aliphatic rings. The van der Waals surface area contributed by atoms with Gasteiger partial charge in [0.05, 0.1) is 0 Å². The van der Waals surface area contributed by atoms with Gasteiger partial charge in [-0.3, -0.25) is 4.98 Å². The lowest BCUT2D eigenvalue weighted by molar-refractivity contribution is 1.30. The molecular formula is C53H32N2S2. The Kier molecular flexibility index (Phi) is 7.31. The van der Waals surface area contributed by atoms with Crippen LogP contribution >= 0.6 is 22.7 Å². The zero-order valence-corrected chi connectivity index (χ0v) is 32.3. The quantitative estimate of drug-likeness (QED) is 0.174. The smallest absolute Gasteiger partial charge is 0.0476 e. The van der Waals surface area contributed by atoms with E-state index < -0.39 is 0 Å². The first-order valence-corrected chi connectivity index (χ1v) is 20.9. The van der Waals surface area contributed by atoms with E-state index >= 15 is 0 Å². The van der Waals surface area contributed by atoms with Crippen molar-refractivity contribution >= 4 is 112 Å². The van der Waals surface area contributed by atoms with E-state index in [1.54, 1.807) is 0 Å². The van der Waals surface area contributed by atoms with Gasteiger partial charge in [0.2, 0.25) is 0 Å². The summed E-state index contributed by atoms with van der Waals surface area (Å²) in [6, 6.07) is 67.1. The van der Waals surface area contributed by atoms with E-state index in [1.165, 1.54) is 89.5 Å². The number of hydrogen-bond acceptors (Lipinski definition) is 4. The highest BCUT2D eigenvalue weighted by molar-refractivity contribution is 7.27. The summed E-state index contributed by atoms with van der Waals surface area (Å²) < 4.78 is 5.27. The second-order valence-corrected chi connectivity index (χ2v) is 16.9. The van der Waals surface area contributed by atoms with Crippen LogP contribution in [0.15, 0.2) is 194 Å². The van der Waals surface area contributed by atoms with Crippen molar-refractivity contribution in [2.24, 2.45) is 0 Å². The number of aromatic nitrogens is 1. The van der Waals surface area contributed by atoms with Crippen LogP contribution < -0.4 is 4.90 Å². The van der Waals surface area contributed by atoms with Crippen LogP contribution in [0.5, 0.6) is 0 Å². The molecule has 12 rings (SSSR count). The van der Waals surface area contributed by atoms with Gasteiger partial charge in [-0.25, -0.2) is 0 Å². The van der Waals surface area contributed by atoms with E-state index in [0.29, 0.717) is 0 Å². The fraction of sp³-hybridized carbons (Fsp3) is 0. The molecular weight excluding hydrogens is 729 g/mol. The van der Waals surface area contributed by atoms with Crippen molar-refractivity contribution in [3.63, 3.8) is 0 Å². The van der Waals surface area contributed by atoms with Gasteiger partial charge in [0, 0.05) is 75.2 Å². The number of rotatable bonds is 5. The van der Waals surface area contributed by atoms with Crippen molar-refractivity contribution < 1.29 is 0 Å². The fourth-order valence-electron chi connectivity index (χ4n) is 8.63. The normalized spacial score (nSPS) is 11.9. The maximum atomic E-state index is 4.32. The third-order valence-electron chi connectivity index (χ3n) is 11.5. The van der Waals surface area contributed by atoms with Crippen molar-refractivity contribution in [2.45, 2.75) is 0 Å². The topological polar surface area (TPSA) is 16.1 Å². The van der Waals surface area contributed by atoms with E-state index in [9.17, 15) is 0 Å². The van der Waals surface area contributed by atoms with Crippen molar-refractivity contribution in [2.75, 3.05) is 4.90 Å². The third kappa shape index (κ3) is 5.33. The summed E-state index contributed by atoms with van der Waals surface area (Å²) in [5, 5.41) is 12.8. The van der Waals surface area contributed by atoms with E-state index in [-0.39, 0.29) is 0 Å². The largest absolute Gasteiger partial charge is 0.310 e. The number of fused-ring (bicyclic) bond motifs is 11. The lowest BCUT2D eigenvalue weighted by atomic mass is 9.98. The van der Waals surface area contributed by atoms with Crippen LogP contribution in [-0.2, 0) is 0 Å². The number of pyridine rings is 1. The molecule has 57 heavy (non-hydrogen) atoms. The standard InChI is InChI=1S/C53H32N2S2/c1-3-7-44-37(5-1)17-23-48-46-25-21-42(30-50(46)56-52(44)48)55(43-22-26-47-49-24-18-38-6-2-4-8-45(38)53(49)57-51(47)31-43)41-19-15-34(16-20-41)33-9-11-35(12-10-33)39-14-13-36-27-28-54-32-40(36)29-39/h1-32H. The minimum Gasteiger partial charge on any atom is -0.310 e. The van der Waals surface area contributed by atoms with Crippen molar-refractivity contribution in [1.29, 1.82) is 0 Å². The van der Waals surface area contributed by atoms with Crippen molar-refractivity contribution in [3.8, 4) is 22.3 Å². The molecule has 0 spiro atoms. The van der Waals surface area contributed by atoms with Crippen molar-refractivity contribution in [3.05, 3.63) is 194 Å². The van der Waals surface area contributed by atoms with Gasteiger partial charge >= 0.3 is 0 Å². The Morgan fingerprint density at radius 2 is 0.807 bits per heavy atom. The van der Waals surface area contributed by atoms with Gasteiger partial charge in [-0.2, -0.15) is 0 Å². The summed E-state index contributed by atoms with van der Waals surface area (Å²) >= 11 is 3.78. The van der Waals surface area contributed by atoms with Crippen LogP contribution in [0.2, 0.25) is 0 Å². The highest BCUT2D eigenvalue weighted by atomic mass is 32.1. The molecule has 4 heteroatoms. The Bertz CT molecular complexity index is 3370. The van der Waals surface area contributed by atoms with Crippen LogP contribution in [0.1, 0.15) is 0 Å². The van der Waals surface area contributed by atoms with Crippen LogP contribution in [0, 0.1) is 0 Å². The van der Waals surface area contributed by atoms with Crippen LogP contribution in [-0.4, -0.2) is 4.98 Å². The summed E-state index contributed by atoms with van der Waals surface area (Å²) in [6.07, 6.45) is 3.78. The van der Waals surface area contributed by atoms with Gasteiger partial charge < -0.3 is 4.90 Å². The maximum Gasteiger partial charge on any atom is 0.0476 e. The van der Waals surface area contributed by atoms with Gasteiger partial charge in [0.25, 0.3) is 0 Å². The maximum absolute atomic E-state index is 4.32. The van der Waals surface area contributed by atoms with E-state index in [2.05, 4.69) is 192 Å². The van der Waals surface area contributed by atoms with Crippen LogP contribution in [0.3, 0.4) is 0 Å². The van der Waals surface area contributed by atoms with Crippen LogP contribution in [0.25, 0.3) is 94.9 Å². The summed E-state index contributed by atoms with van der Waals surface area (Å²) in [6.45, 7) is 0. The molecule has 0 radical (unpaired) electrons. The van der Waals surface area contributed by atoms with E-state index in [0.717, 1.165) is 22.4 Å². The minimum absolute atomic E-state index is 1.12. The molecule has 0 bridgehead atoms. The molecule has 0 N–H and O–H groups in total. The lowest BCUT2D eigenvalue weighted by Gasteiger charge is -2.26. The summed E-state index contributed by atoms with van der Waals surface area (Å²) in [7, 11) is 0. The zero-order valence-electron chi connectivity index (χ0n) is 30.7. The minimum atomic E-state index is 1.12. The summed E-state index contributed by atoms with van der Waals surface area (Å²) in [4.78, 5) is 6.74. The average Bonchev–Trinajstić information content (AvgIpc) is 3.85. The first-order valence-electron chi connectivity index (χ1n) is 19.2. The van der Waals surface area contributed by atoms with Crippen LogP contribution in [0.4, 0.5) is 17.1 Å². The molecule has 2 nitrogen and oxygen atoms in total. The zero-order chi connectivity index (χ0) is 37.5. The Labute approximate surface area is 337 Å². The molecule has 9 aromatic carbocycles. The molecule has 0 atom stereocenters. The SMILES string of the molecule is c1ccc2c(c1)ccc1c3ccc(N(c4ccc(-c5ccc(-c6ccc7ccncc7c6)cc5)cc4)c4ccc5c(c4)sc4c6ccccc6ccc54)cc3sc21. The highest BCUT2D eigenvalue weighted by Gasteiger charge is 2.18. The fourth-order valence-corrected chi connectivity index (χ4v) is 11.2. The number of thiophene rings is 2. The second kappa shape index (κ2) is 12.9. The average molecular weight is 761 g/mol. The highest BCUT2D eigenvalue weighted by Crippen LogP contribution is 2.45. The first-order chi connectivity index (χ1) is 28.2. The predicted octanol–water partition coefficient (Wildman–Crippen LogP) is 16.1. The molecule has 0 saturated carbocycles. The molecule has 0 saturated heterocycles. The summed E-state index contributed by atoms with van der Waals surface area (Å²) in [5.41, 5.74) is 8.18. The van der Waals surface area contributed by atoms with Gasteiger partial charge in [-0.15, -0.1) is 22.7 Å².